The number of carbonyl (C=O) groups excluding carboxylic acids is 2. The Morgan fingerprint density at radius 1 is 1.17 bits per heavy atom. The first kappa shape index (κ1) is 17.4. The quantitative estimate of drug-likeness (QED) is 0.641. The Labute approximate surface area is 142 Å². The molecule has 0 fully saturated rings. The first-order chi connectivity index (χ1) is 11.4. The van der Waals surface area contributed by atoms with Gasteiger partial charge in [-0.25, -0.2) is 0 Å². The molecule has 0 aromatic heterocycles. The number of amides is 2. The fourth-order valence-electron chi connectivity index (χ4n) is 2.06. The molecule has 0 saturated heterocycles. The summed E-state index contributed by atoms with van der Waals surface area (Å²) in [6.07, 6.45) is 0. The predicted molar refractivity (Wildman–Crippen MR) is 90.2 cm³/mol. The number of nitro benzene ring substituents is 1. The molecule has 0 unspecified atom stereocenters. The second-order valence-electron chi connectivity index (χ2n) is 4.94. The van der Waals surface area contributed by atoms with Crippen LogP contribution in [-0.2, 0) is 4.79 Å². The van der Waals surface area contributed by atoms with Crippen molar-refractivity contribution in [2.45, 2.75) is 6.92 Å². The molecule has 0 aliphatic rings. The maximum atomic E-state index is 12.1. The Balaban J connectivity index is 1.98. The van der Waals surface area contributed by atoms with Crippen LogP contribution in [0.1, 0.15) is 15.9 Å². The summed E-state index contributed by atoms with van der Waals surface area (Å²) in [5.74, 6) is -0.976. The van der Waals surface area contributed by atoms with Crippen molar-refractivity contribution in [3.63, 3.8) is 0 Å². The summed E-state index contributed by atoms with van der Waals surface area (Å²) in [5, 5.41) is 16.5. The smallest absolute Gasteiger partial charge is 0.273 e. The van der Waals surface area contributed by atoms with E-state index in [1.54, 1.807) is 24.3 Å². The van der Waals surface area contributed by atoms with Gasteiger partial charge >= 0.3 is 0 Å². The molecule has 2 amide bonds. The molecule has 0 radical (unpaired) electrons. The van der Waals surface area contributed by atoms with Gasteiger partial charge in [0, 0.05) is 27.9 Å². The van der Waals surface area contributed by atoms with Crippen LogP contribution in [-0.4, -0.2) is 23.3 Å². The molecule has 7 nitrogen and oxygen atoms in total. The summed E-state index contributed by atoms with van der Waals surface area (Å²) in [7, 11) is 0. The fourth-order valence-corrected chi connectivity index (χ4v) is 2.19. The number of nitrogens with one attached hydrogen (secondary N) is 2. The van der Waals surface area contributed by atoms with Crippen molar-refractivity contribution in [1.82, 2.24) is 5.32 Å². The van der Waals surface area contributed by atoms with Crippen LogP contribution < -0.4 is 10.6 Å². The molecule has 0 bridgehead atoms. The van der Waals surface area contributed by atoms with E-state index in [0.29, 0.717) is 10.7 Å². The molecule has 0 saturated carbocycles. The number of nitrogens with zero attached hydrogens (tertiary/aromatic N) is 1. The zero-order chi connectivity index (χ0) is 17.7. The predicted octanol–water partition coefficient (Wildman–Crippen LogP) is 2.93. The van der Waals surface area contributed by atoms with Crippen LogP contribution in [0.3, 0.4) is 0 Å². The van der Waals surface area contributed by atoms with Gasteiger partial charge in [-0.3, -0.25) is 19.7 Å². The molecule has 24 heavy (non-hydrogen) atoms. The average molecular weight is 348 g/mol. The Bertz CT molecular complexity index is 790. The van der Waals surface area contributed by atoms with Crippen LogP contribution in [0.5, 0.6) is 0 Å². The van der Waals surface area contributed by atoms with Crippen molar-refractivity contribution >= 4 is 34.8 Å². The first-order valence-electron chi connectivity index (χ1n) is 6.96. The number of anilines is 1. The number of nitro groups is 1. The number of hydrogen-bond donors (Lipinski definition) is 2. The molecule has 8 heteroatoms. The third-order valence-electron chi connectivity index (χ3n) is 3.28. The SMILES string of the molecule is Cc1c(C(=O)NCC(=O)Nc2ccc(Cl)cc2)cccc1[N+](=O)[O-]. The number of halogens is 1. The molecule has 0 spiro atoms. The van der Waals surface area contributed by atoms with E-state index in [0.717, 1.165) is 0 Å². The molecule has 0 heterocycles. The normalized spacial score (nSPS) is 10.1. The summed E-state index contributed by atoms with van der Waals surface area (Å²) in [4.78, 5) is 34.3. The van der Waals surface area contributed by atoms with Gasteiger partial charge < -0.3 is 10.6 Å². The van der Waals surface area contributed by atoms with Crippen LogP contribution in [0.15, 0.2) is 42.5 Å². The van der Waals surface area contributed by atoms with Gasteiger partial charge in [-0.1, -0.05) is 17.7 Å². The van der Waals surface area contributed by atoms with E-state index < -0.39 is 16.7 Å². The number of benzene rings is 2. The highest BCUT2D eigenvalue weighted by Gasteiger charge is 2.18. The lowest BCUT2D eigenvalue weighted by atomic mass is 10.1. The Morgan fingerprint density at radius 3 is 2.46 bits per heavy atom. The average Bonchev–Trinajstić information content (AvgIpc) is 2.54. The summed E-state index contributed by atoms with van der Waals surface area (Å²) in [6.45, 7) is 1.23. The summed E-state index contributed by atoms with van der Waals surface area (Å²) in [5.41, 5.74) is 0.806. The molecule has 0 aliphatic heterocycles. The zero-order valence-corrected chi connectivity index (χ0v) is 13.5. The number of rotatable bonds is 5. The van der Waals surface area contributed by atoms with Crippen molar-refractivity contribution < 1.29 is 14.5 Å². The molecular weight excluding hydrogens is 334 g/mol. The van der Waals surface area contributed by atoms with Crippen LogP contribution in [0.2, 0.25) is 5.02 Å². The van der Waals surface area contributed by atoms with E-state index in [9.17, 15) is 19.7 Å². The van der Waals surface area contributed by atoms with Crippen LogP contribution in [0.25, 0.3) is 0 Å². The number of carbonyl (C=O) groups is 2. The van der Waals surface area contributed by atoms with Crippen LogP contribution in [0.4, 0.5) is 11.4 Å². The van der Waals surface area contributed by atoms with Gasteiger partial charge in [0.2, 0.25) is 5.91 Å². The van der Waals surface area contributed by atoms with Gasteiger partial charge in [0.1, 0.15) is 0 Å². The second-order valence-corrected chi connectivity index (χ2v) is 5.38. The largest absolute Gasteiger partial charge is 0.343 e. The van der Waals surface area contributed by atoms with Crippen molar-refractivity contribution in [1.29, 1.82) is 0 Å². The van der Waals surface area contributed by atoms with E-state index in [2.05, 4.69) is 10.6 Å². The molecule has 2 aromatic rings. The molecule has 2 rings (SSSR count). The van der Waals surface area contributed by atoms with Crippen molar-refractivity contribution in [3.05, 3.63) is 68.7 Å². The van der Waals surface area contributed by atoms with Gasteiger partial charge in [0.15, 0.2) is 0 Å². The van der Waals surface area contributed by atoms with Gasteiger partial charge in [0.25, 0.3) is 11.6 Å². The van der Waals surface area contributed by atoms with Gasteiger partial charge in [0.05, 0.1) is 11.5 Å². The summed E-state index contributed by atoms with van der Waals surface area (Å²) in [6, 6.07) is 10.7. The standard InChI is InChI=1S/C16H14ClN3O4/c1-10-13(3-2-4-14(10)20(23)24)16(22)18-9-15(21)19-12-7-5-11(17)6-8-12/h2-8H,9H2,1H3,(H,18,22)(H,19,21). The molecule has 2 aromatic carbocycles. The zero-order valence-electron chi connectivity index (χ0n) is 12.7. The lowest BCUT2D eigenvalue weighted by molar-refractivity contribution is -0.385. The van der Waals surface area contributed by atoms with E-state index in [1.807, 2.05) is 0 Å². The summed E-state index contributed by atoms with van der Waals surface area (Å²) < 4.78 is 0. The van der Waals surface area contributed by atoms with E-state index >= 15 is 0 Å². The van der Waals surface area contributed by atoms with Gasteiger partial charge in [-0.2, -0.15) is 0 Å². The van der Waals surface area contributed by atoms with Gasteiger partial charge in [-0.15, -0.1) is 0 Å². The molecule has 2 N–H and O–H groups in total. The minimum absolute atomic E-state index is 0.145. The lowest BCUT2D eigenvalue weighted by Crippen LogP contribution is -2.33. The molecule has 124 valence electrons. The van der Waals surface area contributed by atoms with E-state index in [4.69, 9.17) is 11.6 Å². The Hall–Kier alpha value is -2.93. The van der Waals surface area contributed by atoms with E-state index in [1.165, 1.54) is 25.1 Å². The second kappa shape index (κ2) is 7.56. The minimum atomic E-state index is -0.556. The highest BCUT2D eigenvalue weighted by atomic mass is 35.5. The van der Waals surface area contributed by atoms with Gasteiger partial charge in [-0.05, 0) is 37.3 Å². The monoisotopic (exact) mass is 347 g/mol. The lowest BCUT2D eigenvalue weighted by Gasteiger charge is -2.09. The Kier molecular flexibility index (Phi) is 5.49. The van der Waals surface area contributed by atoms with Crippen molar-refractivity contribution in [2.75, 3.05) is 11.9 Å². The molecule has 0 atom stereocenters. The number of hydrogen-bond acceptors (Lipinski definition) is 4. The maximum Gasteiger partial charge on any atom is 0.273 e. The maximum absolute atomic E-state index is 12.1. The highest BCUT2D eigenvalue weighted by Crippen LogP contribution is 2.20. The molecular formula is C16H14ClN3O4. The van der Waals surface area contributed by atoms with Crippen LogP contribution >= 0.6 is 11.6 Å². The Morgan fingerprint density at radius 2 is 1.83 bits per heavy atom. The van der Waals surface area contributed by atoms with Crippen molar-refractivity contribution in [2.24, 2.45) is 0 Å². The van der Waals surface area contributed by atoms with Crippen molar-refractivity contribution in [3.8, 4) is 0 Å². The summed E-state index contributed by atoms with van der Waals surface area (Å²) >= 11 is 5.75. The van der Waals surface area contributed by atoms with E-state index in [-0.39, 0.29) is 23.4 Å². The fraction of sp³-hybridized carbons (Fsp3) is 0.125. The highest BCUT2D eigenvalue weighted by molar-refractivity contribution is 6.30. The third-order valence-corrected chi connectivity index (χ3v) is 3.54. The third kappa shape index (κ3) is 4.30. The molecule has 0 aliphatic carbocycles. The topological polar surface area (TPSA) is 101 Å². The minimum Gasteiger partial charge on any atom is -0.343 e. The first-order valence-corrected chi connectivity index (χ1v) is 7.34. The van der Waals surface area contributed by atoms with Crippen LogP contribution in [0, 0.1) is 17.0 Å².